The van der Waals surface area contributed by atoms with Crippen molar-refractivity contribution in [3.63, 3.8) is 0 Å². The zero-order valence-corrected chi connectivity index (χ0v) is 10.1. The maximum absolute atomic E-state index is 10.7. The molecule has 1 aromatic heterocycles. The van der Waals surface area contributed by atoms with Crippen LogP contribution in [0.2, 0.25) is 10.2 Å². The third kappa shape index (κ3) is 1.75. The summed E-state index contributed by atoms with van der Waals surface area (Å²) < 4.78 is 1.21. The van der Waals surface area contributed by atoms with Crippen molar-refractivity contribution in [1.29, 1.82) is 0 Å². The van der Waals surface area contributed by atoms with Gasteiger partial charge < -0.3 is 5.11 Å². The molecule has 0 amide bonds. The standard InChI is InChI=1S/C10H6Cl3NO2/c11-6-2-1-3-7-9(6)5(4-8(15)16)10(12)14(7)13/h1-3H,4H2,(H,15,16). The highest BCUT2D eigenvalue weighted by atomic mass is 35.5. The number of hydrogen-bond donors (Lipinski definition) is 1. The number of aliphatic carboxylic acids is 1. The first-order valence-electron chi connectivity index (χ1n) is 4.37. The van der Waals surface area contributed by atoms with Crippen LogP contribution in [0.3, 0.4) is 0 Å². The Kier molecular flexibility index (Phi) is 3.02. The fourth-order valence-electron chi connectivity index (χ4n) is 1.62. The van der Waals surface area contributed by atoms with Gasteiger partial charge in [0.2, 0.25) is 0 Å². The number of carbonyl (C=O) groups is 1. The summed E-state index contributed by atoms with van der Waals surface area (Å²) in [6.07, 6.45) is -0.210. The molecular formula is C10H6Cl3NO2. The maximum Gasteiger partial charge on any atom is 0.307 e. The molecule has 0 saturated heterocycles. The maximum atomic E-state index is 10.7. The van der Waals surface area contributed by atoms with E-state index in [9.17, 15) is 4.79 Å². The van der Waals surface area contributed by atoms with Gasteiger partial charge in [-0.25, -0.2) is 4.09 Å². The first kappa shape index (κ1) is 11.6. The number of nitrogens with zero attached hydrogens (tertiary/aromatic N) is 1. The molecule has 6 heteroatoms. The van der Waals surface area contributed by atoms with Crippen LogP contribution in [0.15, 0.2) is 18.2 Å². The Balaban J connectivity index is 2.80. The fraction of sp³-hybridized carbons (Fsp3) is 0.100. The summed E-state index contributed by atoms with van der Waals surface area (Å²) >= 11 is 17.9. The Morgan fingerprint density at radius 3 is 2.69 bits per heavy atom. The first-order valence-corrected chi connectivity index (χ1v) is 5.47. The lowest BCUT2D eigenvalue weighted by Crippen LogP contribution is -2.00. The van der Waals surface area contributed by atoms with Crippen LogP contribution in [0.5, 0.6) is 0 Å². The SMILES string of the molecule is O=C(O)Cc1c(Cl)n(Cl)c2cccc(Cl)c12. The molecule has 0 spiro atoms. The molecule has 0 saturated carbocycles. The summed E-state index contributed by atoms with van der Waals surface area (Å²) in [5.41, 5.74) is 1.04. The number of carboxylic acids is 1. The molecule has 0 atom stereocenters. The Morgan fingerprint density at radius 1 is 1.38 bits per heavy atom. The molecular weight excluding hydrogens is 272 g/mol. The average molecular weight is 279 g/mol. The van der Waals surface area contributed by atoms with Crippen molar-refractivity contribution in [3.05, 3.63) is 33.9 Å². The van der Waals surface area contributed by atoms with E-state index < -0.39 is 5.97 Å². The summed E-state index contributed by atoms with van der Waals surface area (Å²) in [6, 6.07) is 5.12. The van der Waals surface area contributed by atoms with Crippen molar-refractivity contribution >= 4 is 51.9 Å². The largest absolute Gasteiger partial charge is 0.481 e. The lowest BCUT2D eigenvalue weighted by Gasteiger charge is -1.97. The second-order valence-corrected chi connectivity index (χ2v) is 4.36. The molecule has 84 valence electrons. The van der Waals surface area contributed by atoms with Gasteiger partial charge in [0, 0.05) is 22.7 Å². The zero-order valence-electron chi connectivity index (χ0n) is 7.88. The molecule has 1 heterocycles. The highest BCUT2D eigenvalue weighted by molar-refractivity contribution is 6.40. The smallest absolute Gasteiger partial charge is 0.307 e. The van der Waals surface area contributed by atoms with Gasteiger partial charge in [-0.1, -0.05) is 29.3 Å². The molecule has 0 radical (unpaired) electrons. The highest BCUT2D eigenvalue weighted by Crippen LogP contribution is 2.35. The van der Waals surface area contributed by atoms with E-state index in [0.717, 1.165) is 0 Å². The Bertz CT molecular complexity index is 577. The van der Waals surface area contributed by atoms with Gasteiger partial charge in [0.25, 0.3) is 0 Å². The number of benzene rings is 1. The number of rotatable bonds is 2. The van der Waals surface area contributed by atoms with Crippen LogP contribution in [0.1, 0.15) is 5.56 Å². The van der Waals surface area contributed by atoms with Gasteiger partial charge in [-0.3, -0.25) is 4.79 Å². The van der Waals surface area contributed by atoms with Crippen molar-refractivity contribution in [2.45, 2.75) is 6.42 Å². The predicted molar refractivity (Wildman–Crippen MR) is 64.5 cm³/mol. The number of aromatic nitrogens is 1. The molecule has 0 aliphatic heterocycles. The van der Waals surface area contributed by atoms with Crippen LogP contribution in [-0.2, 0) is 11.2 Å². The van der Waals surface area contributed by atoms with E-state index in [1.807, 2.05) is 0 Å². The summed E-state index contributed by atoms with van der Waals surface area (Å²) in [6.45, 7) is 0. The van der Waals surface area contributed by atoms with Gasteiger partial charge >= 0.3 is 5.97 Å². The van der Waals surface area contributed by atoms with Crippen LogP contribution >= 0.6 is 35.0 Å². The highest BCUT2D eigenvalue weighted by Gasteiger charge is 2.18. The van der Waals surface area contributed by atoms with Crippen LogP contribution in [0.4, 0.5) is 0 Å². The van der Waals surface area contributed by atoms with E-state index >= 15 is 0 Å². The van der Waals surface area contributed by atoms with Crippen molar-refractivity contribution in [1.82, 2.24) is 4.09 Å². The molecule has 0 aliphatic carbocycles. The second kappa shape index (κ2) is 4.17. The molecule has 0 unspecified atom stereocenters. The van der Waals surface area contributed by atoms with Crippen molar-refractivity contribution < 1.29 is 9.90 Å². The lowest BCUT2D eigenvalue weighted by atomic mass is 10.1. The normalized spacial score (nSPS) is 10.9. The molecule has 2 aromatic rings. The van der Waals surface area contributed by atoms with Crippen LogP contribution in [0, 0.1) is 0 Å². The molecule has 1 N–H and O–H groups in total. The third-order valence-corrected chi connectivity index (χ3v) is 3.40. The van der Waals surface area contributed by atoms with Gasteiger partial charge in [0.1, 0.15) is 5.15 Å². The van der Waals surface area contributed by atoms with E-state index in [2.05, 4.69) is 0 Å². The Labute approximate surface area is 106 Å². The number of carboxylic acid groups (broad SMARTS) is 1. The van der Waals surface area contributed by atoms with Gasteiger partial charge in [0.15, 0.2) is 0 Å². The molecule has 16 heavy (non-hydrogen) atoms. The first-order chi connectivity index (χ1) is 7.52. The van der Waals surface area contributed by atoms with Crippen molar-refractivity contribution in [3.8, 4) is 0 Å². The minimum Gasteiger partial charge on any atom is -0.481 e. The summed E-state index contributed by atoms with van der Waals surface area (Å²) in [5.74, 6) is -0.981. The number of hydrogen-bond acceptors (Lipinski definition) is 1. The van der Waals surface area contributed by atoms with E-state index in [1.165, 1.54) is 4.09 Å². The van der Waals surface area contributed by atoms with Crippen molar-refractivity contribution in [2.24, 2.45) is 0 Å². The minimum atomic E-state index is -0.981. The van der Waals surface area contributed by atoms with E-state index in [-0.39, 0.29) is 11.6 Å². The van der Waals surface area contributed by atoms with Crippen molar-refractivity contribution in [2.75, 3.05) is 0 Å². The summed E-state index contributed by atoms with van der Waals surface area (Å²) in [7, 11) is 0. The van der Waals surface area contributed by atoms with Gasteiger partial charge in [-0.2, -0.15) is 0 Å². The molecule has 0 fully saturated rings. The van der Waals surface area contributed by atoms with Crippen LogP contribution < -0.4 is 0 Å². The Morgan fingerprint density at radius 2 is 2.06 bits per heavy atom. The zero-order chi connectivity index (χ0) is 11.9. The minimum absolute atomic E-state index is 0.187. The number of fused-ring (bicyclic) bond motifs is 1. The van der Waals surface area contributed by atoms with Crippen LogP contribution in [0.25, 0.3) is 10.9 Å². The van der Waals surface area contributed by atoms with E-state index in [0.29, 0.717) is 21.5 Å². The van der Waals surface area contributed by atoms with Gasteiger partial charge in [-0.05, 0) is 12.1 Å². The predicted octanol–water partition coefficient (Wildman–Crippen LogP) is 3.58. The second-order valence-electron chi connectivity index (χ2n) is 3.25. The monoisotopic (exact) mass is 277 g/mol. The van der Waals surface area contributed by atoms with Gasteiger partial charge in [-0.15, -0.1) is 0 Å². The topological polar surface area (TPSA) is 42.2 Å². The third-order valence-electron chi connectivity index (χ3n) is 2.25. The average Bonchev–Trinajstić information content (AvgIpc) is 2.45. The van der Waals surface area contributed by atoms with Crippen LogP contribution in [-0.4, -0.2) is 15.2 Å². The molecule has 2 rings (SSSR count). The lowest BCUT2D eigenvalue weighted by molar-refractivity contribution is -0.136. The summed E-state index contributed by atoms with van der Waals surface area (Å²) in [4.78, 5) is 10.7. The molecule has 0 aliphatic rings. The quantitative estimate of drug-likeness (QED) is 0.912. The molecule has 1 aromatic carbocycles. The fourth-order valence-corrected chi connectivity index (χ4v) is 2.39. The Hall–Kier alpha value is -0.900. The summed E-state index contributed by atoms with van der Waals surface area (Å²) in [5, 5.41) is 10.0. The van der Waals surface area contributed by atoms with Gasteiger partial charge in [0.05, 0.1) is 17.0 Å². The molecule has 3 nitrogen and oxygen atoms in total. The van der Waals surface area contributed by atoms with E-state index in [1.54, 1.807) is 18.2 Å². The molecule has 0 bridgehead atoms. The number of halogens is 3. The van der Waals surface area contributed by atoms with E-state index in [4.69, 9.17) is 40.1 Å².